The van der Waals surface area contributed by atoms with Gasteiger partial charge in [-0.25, -0.2) is 4.98 Å². The average molecular weight is 313 g/mol. The van der Waals surface area contributed by atoms with E-state index in [1.54, 1.807) is 16.7 Å². The Labute approximate surface area is 138 Å². The summed E-state index contributed by atoms with van der Waals surface area (Å²) in [4.78, 5) is 17.9. The largest absolute Gasteiger partial charge is 0.397 e. The van der Waals surface area contributed by atoms with Crippen molar-refractivity contribution < 1.29 is 0 Å². The molecule has 1 heterocycles. The number of para-hydroxylation sites is 3. The summed E-state index contributed by atoms with van der Waals surface area (Å²) in [5.74, 6) is 0.581. The van der Waals surface area contributed by atoms with Crippen LogP contribution in [-0.2, 0) is 0 Å². The maximum absolute atomic E-state index is 13.1. The van der Waals surface area contributed by atoms with Gasteiger partial charge in [-0.1, -0.05) is 54.6 Å². The van der Waals surface area contributed by atoms with Gasteiger partial charge < -0.3 is 5.73 Å². The SMILES string of the molecule is Nc1ccccc1-n1c(-c2ccccc2)nc2ccccc2c1=O. The van der Waals surface area contributed by atoms with E-state index in [0.29, 0.717) is 28.1 Å². The first-order valence-electron chi connectivity index (χ1n) is 7.68. The van der Waals surface area contributed by atoms with Gasteiger partial charge in [0.15, 0.2) is 0 Å². The second-order valence-electron chi connectivity index (χ2n) is 5.52. The zero-order chi connectivity index (χ0) is 16.5. The molecule has 0 unspecified atom stereocenters. The van der Waals surface area contributed by atoms with Crippen LogP contribution < -0.4 is 11.3 Å². The Balaban J connectivity index is 2.16. The fraction of sp³-hybridized carbons (Fsp3) is 0. The number of nitrogen functional groups attached to an aromatic ring is 1. The van der Waals surface area contributed by atoms with Crippen LogP contribution in [0.4, 0.5) is 5.69 Å². The molecular formula is C20H15N3O. The van der Waals surface area contributed by atoms with Crippen molar-refractivity contribution in [2.45, 2.75) is 0 Å². The first-order chi connectivity index (χ1) is 11.8. The molecule has 2 N–H and O–H groups in total. The van der Waals surface area contributed by atoms with E-state index in [2.05, 4.69) is 0 Å². The molecule has 0 aliphatic heterocycles. The third kappa shape index (κ3) is 2.25. The van der Waals surface area contributed by atoms with E-state index < -0.39 is 0 Å². The number of benzene rings is 3. The Bertz CT molecular complexity index is 1080. The summed E-state index contributed by atoms with van der Waals surface area (Å²) in [6, 6.07) is 24.3. The molecule has 24 heavy (non-hydrogen) atoms. The van der Waals surface area contributed by atoms with Crippen molar-refractivity contribution in [1.82, 2.24) is 9.55 Å². The maximum Gasteiger partial charge on any atom is 0.266 e. The van der Waals surface area contributed by atoms with Gasteiger partial charge in [0.25, 0.3) is 5.56 Å². The molecule has 0 aliphatic rings. The fourth-order valence-corrected chi connectivity index (χ4v) is 2.83. The topological polar surface area (TPSA) is 60.9 Å². The molecule has 0 fully saturated rings. The Morgan fingerprint density at radius 2 is 1.46 bits per heavy atom. The molecule has 0 saturated carbocycles. The highest BCUT2D eigenvalue weighted by molar-refractivity contribution is 5.81. The molecule has 0 aliphatic carbocycles. The van der Waals surface area contributed by atoms with Gasteiger partial charge in [0.2, 0.25) is 0 Å². The van der Waals surface area contributed by atoms with Crippen molar-refractivity contribution in [2.24, 2.45) is 0 Å². The Hall–Kier alpha value is -3.40. The second kappa shape index (κ2) is 5.66. The van der Waals surface area contributed by atoms with E-state index in [4.69, 9.17) is 10.7 Å². The number of rotatable bonds is 2. The van der Waals surface area contributed by atoms with Gasteiger partial charge >= 0.3 is 0 Å². The molecule has 4 aromatic rings. The van der Waals surface area contributed by atoms with E-state index in [-0.39, 0.29) is 5.56 Å². The van der Waals surface area contributed by atoms with Crippen molar-refractivity contribution in [3.63, 3.8) is 0 Å². The third-order valence-electron chi connectivity index (χ3n) is 3.99. The first kappa shape index (κ1) is 14.2. The molecule has 0 amide bonds. The first-order valence-corrected chi connectivity index (χ1v) is 7.68. The Morgan fingerprint density at radius 1 is 0.792 bits per heavy atom. The summed E-state index contributed by atoms with van der Waals surface area (Å²) in [6.45, 7) is 0. The molecule has 4 heteroatoms. The molecule has 0 spiro atoms. The summed E-state index contributed by atoms with van der Waals surface area (Å²) in [5, 5.41) is 0.570. The normalized spacial score (nSPS) is 10.8. The fourth-order valence-electron chi connectivity index (χ4n) is 2.83. The molecular weight excluding hydrogens is 298 g/mol. The molecule has 4 nitrogen and oxygen atoms in total. The monoisotopic (exact) mass is 313 g/mol. The molecule has 0 bridgehead atoms. The van der Waals surface area contributed by atoms with Crippen LogP contribution in [0.25, 0.3) is 28.0 Å². The average Bonchev–Trinajstić information content (AvgIpc) is 2.63. The maximum atomic E-state index is 13.1. The molecule has 0 saturated heterocycles. The molecule has 3 aromatic carbocycles. The minimum absolute atomic E-state index is 0.127. The predicted molar refractivity (Wildman–Crippen MR) is 97.2 cm³/mol. The van der Waals surface area contributed by atoms with E-state index in [1.807, 2.05) is 66.7 Å². The standard InChI is InChI=1S/C20H15N3O/c21-16-11-5-7-13-18(16)23-19(14-8-2-1-3-9-14)22-17-12-6-4-10-15(17)20(23)24/h1-13H,21H2. The number of nitrogens with zero attached hydrogens (tertiary/aromatic N) is 2. The van der Waals surface area contributed by atoms with E-state index >= 15 is 0 Å². The lowest BCUT2D eigenvalue weighted by Gasteiger charge is -2.15. The van der Waals surface area contributed by atoms with Gasteiger partial charge in [0.1, 0.15) is 5.82 Å². The predicted octanol–water partition coefficient (Wildman–Crippen LogP) is 3.63. The van der Waals surface area contributed by atoms with Crippen molar-refractivity contribution in [3.8, 4) is 17.1 Å². The zero-order valence-corrected chi connectivity index (χ0v) is 12.9. The summed E-state index contributed by atoms with van der Waals surface area (Å²) >= 11 is 0. The molecule has 0 atom stereocenters. The van der Waals surface area contributed by atoms with Crippen LogP contribution in [0.5, 0.6) is 0 Å². The Morgan fingerprint density at radius 3 is 2.25 bits per heavy atom. The highest BCUT2D eigenvalue weighted by Crippen LogP contribution is 2.24. The quantitative estimate of drug-likeness (QED) is 0.575. The lowest BCUT2D eigenvalue weighted by molar-refractivity contribution is 0.978. The summed E-state index contributed by atoms with van der Waals surface area (Å²) in [6.07, 6.45) is 0. The summed E-state index contributed by atoms with van der Waals surface area (Å²) < 4.78 is 1.59. The van der Waals surface area contributed by atoms with Gasteiger partial charge in [-0.15, -0.1) is 0 Å². The number of nitrogens with two attached hydrogens (primary N) is 1. The van der Waals surface area contributed by atoms with E-state index in [0.717, 1.165) is 5.56 Å². The van der Waals surface area contributed by atoms with Crippen molar-refractivity contribution in [1.29, 1.82) is 0 Å². The van der Waals surface area contributed by atoms with Crippen LogP contribution in [0.15, 0.2) is 83.7 Å². The van der Waals surface area contributed by atoms with Gasteiger partial charge in [-0.2, -0.15) is 0 Å². The van der Waals surface area contributed by atoms with Crippen LogP contribution in [-0.4, -0.2) is 9.55 Å². The van der Waals surface area contributed by atoms with Gasteiger partial charge in [-0.05, 0) is 24.3 Å². The number of hydrogen-bond acceptors (Lipinski definition) is 3. The minimum Gasteiger partial charge on any atom is -0.397 e. The van der Waals surface area contributed by atoms with E-state index in [1.165, 1.54) is 0 Å². The Kier molecular flexibility index (Phi) is 3.35. The highest BCUT2D eigenvalue weighted by Gasteiger charge is 2.15. The lowest BCUT2D eigenvalue weighted by atomic mass is 10.1. The summed E-state index contributed by atoms with van der Waals surface area (Å²) in [7, 11) is 0. The van der Waals surface area contributed by atoms with Crippen LogP contribution in [0.2, 0.25) is 0 Å². The second-order valence-corrected chi connectivity index (χ2v) is 5.52. The number of anilines is 1. The van der Waals surface area contributed by atoms with Gasteiger partial charge in [0, 0.05) is 5.56 Å². The van der Waals surface area contributed by atoms with Crippen molar-refractivity contribution in [3.05, 3.63) is 89.2 Å². The minimum atomic E-state index is -0.127. The van der Waals surface area contributed by atoms with Gasteiger partial charge in [-0.3, -0.25) is 9.36 Å². The van der Waals surface area contributed by atoms with Crippen molar-refractivity contribution in [2.75, 3.05) is 5.73 Å². The van der Waals surface area contributed by atoms with Crippen LogP contribution in [0.3, 0.4) is 0 Å². The number of fused-ring (bicyclic) bond motifs is 1. The molecule has 116 valence electrons. The van der Waals surface area contributed by atoms with Crippen molar-refractivity contribution >= 4 is 16.6 Å². The van der Waals surface area contributed by atoms with Crippen LogP contribution in [0.1, 0.15) is 0 Å². The molecule has 1 aromatic heterocycles. The number of hydrogen-bond donors (Lipinski definition) is 1. The van der Waals surface area contributed by atoms with Crippen LogP contribution >= 0.6 is 0 Å². The zero-order valence-electron chi connectivity index (χ0n) is 12.9. The van der Waals surface area contributed by atoms with Crippen LogP contribution in [0, 0.1) is 0 Å². The highest BCUT2D eigenvalue weighted by atomic mass is 16.1. The lowest BCUT2D eigenvalue weighted by Crippen LogP contribution is -2.22. The van der Waals surface area contributed by atoms with Gasteiger partial charge in [0.05, 0.1) is 22.3 Å². The summed E-state index contributed by atoms with van der Waals surface area (Å²) in [5.41, 5.74) is 8.71. The number of aromatic nitrogens is 2. The van der Waals surface area contributed by atoms with E-state index in [9.17, 15) is 4.79 Å². The smallest absolute Gasteiger partial charge is 0.266 e. The molecule has 0 radical (unpaired) electrons. The molecule has 4 rings (SSSR count). The third-order valence-corrected chi connectivity index (χ3v) is 3.99.